The first kappa shape index (κ1) is 19.8. The molecule has 2 aliphatic rings. The van der Waals surface area contributed by atoms with Crippen LogP contribution in [0.1, 0.15) is 37.2 Å². The standard InChI is InChI=1S/C19H26F3N3O2/c1-23-18(24-9-4-10-26-12-13-7-8-13)25-16-11-15(16)14-5-2-3-6-17(14)27-19(20,21)22/h2-3,5-6,13,15-16H,4,7-12H2,1H3,(H2,23,24,25). The predicted octanol–water partition coefficient (Wildman–Crippen LogP) is 3.42. The zero-order chi connectivity index (χ0) is 19.3. The van der Waals surface area contributed by atoms with E-state index in [0.717, 1.165) is 31.9 Å². The topological polar surface area (TPSA) is 54.9 Å². The number of ether oxygens (including phenoxy) is 2. The maximum Gasteiger partial charge on any atom is 0.573 e. The molecule has 0 radical (unpaired) electrons. The summed E-state index contributed by atoms with van der Waals surface area (Å²) in [7, 11) is 1.68. The van der Waals surface area contributed by atoms with Gasteiger partial charge in [0.05, 0.1) is 0 Å². The molecule has 0 saturated heterocycles. The molecule has 2 aliphatic carbocycles. The lowest BCUT2D eigenvalue weighted by Gasteiger charge is -2.14. The lowest BCUT2D eigenvalue weighted by atomic mass is 10.1. The third-order valence-corrected chi connectivity index (χ3v) is 4.69. The molecule has 0 amide bonds. The van der Waals surface area contributed by atoms with Gasteiger partial charge < -0.3 is 20.1 Å². The molecule has 2 atom stereocenters. The summed E-state index contributed by atoms with van der Waals surface area (Å²) in [6.45, 7) is 2.31. The molecule has 8 heteroatoms. The van der Waals surface area contributed by atoms with Crippen LogP contribution >= 0.6 is 0 Å². The van der Waals surface area contributed by atoms with Gasteiger partial charge in [-0.3, -0.25) is 4.99 Å². The minimum Gasteiger partial charge on any atom is -0.405 e. The lowest BCUT2D eigenvalue weighted by molar-refractivity contribution is -0.274. The van der Waals surface area contributed by atoms with E-state index in [1.54, 1.807) is 25.2 Å². The Kier molecular flexibility index (Phi) is 6.46. The highest BCUT2D eigenvalue weighted by molar-refractivity contribution is 5.80. The highest BCUT2D eigenvalue weighted by atomic mass is 19.4. The van der Waals surface area contributed by atoms with Gasteiger partial charge in [-0.1, -0.05) is 18.2 Å². The molecule has 0 spiro atoms. The van der Waals surface area contributed by atoms with E-state index >= 15 is 0 Å². The number of benzene rings is 1. The van der Waals surface area contributed by atoms with Crippen LogP contribution in [0.5, 0.6) is 5.75 Å². The fourth-order valence-corrected chi connectivity index (χ4v) is 2.99. The van der Waals surface area contributed by atoms with Gasteiger partial charge in [-0.2, -0.15) is 0 Å². The number of rotatable bonds is 9. The number of hydrogen-bond acceptors (Lipinski definition) is 3. The van der Waals surface area contributed by atoms with Crippen molar-refractivity contribution in [2.24, 2.45) is 10.9 Å². The van der Waals surface area contributed by atoms with Crippen molar-refractivity contribution in [3.63, 3.8) is 0 Å². The number of nitrogens with zero attached hydrogens (tertiary/aromatic N) is 1. The van der Waals surface area contributed by atoms with E-state index in [1.807, 2.05) is 0 Å². The van der Waals surface area contributed by atoms with Gasteiger partial charge in [-0.05, 0) is 43.2 Å². The van der Waals surface area contributed by atoms with Gasteiger partial charge >= 0.3 is 6.36 Å². The second kappa shape index (κ2) is 8.82. The molecule has 3 rings (SSSR count). The Morgan fingerprint density at radius 3 is 2.74 bits per heavy atom. The van der Waals surface area contributed by atoms with Crippen LogP contribution in [0.25, 0.3) is 0 Å². The molecule has 2 fully saturated rings. The fraction of sp³-hybridized carbons (Fsp3) is 0.632. The van der Waals surface area contributed by atoms with Crippen LogP contribution in [-0.2, 0) is 4.74 Å². The van der Waals surface area contributed by atoms with Gasteiger partial charge in [0.1, 0.15) is 5.75 Å². The lowest BCUT2D eigenvalue weighted by Crippen LogP contribution is -2.39. The first-order valence-electron chi connectivity index (χ1n) is 9.36. The second-order valence-corrected chi connectivity index (χ2v) is 7.05. The van der Waals surface area contributed by atoms with Crippen LogP contribution in [0.15, 0.2) is 29.3 Å². The molecule has 0 heterocycles. The van der Waals surface area contributed by atoms with Crippen molar-refractivity contribution in [2.45, 2.75) is 44.0 Å². The highest BCUT2D eigenvalue weighted by Crippen LogP contribution is 2.45. The van der Waals surface area contributed by atoms with Crippen molar-refractivity contribution in [3.05, 3.63) is 29.8 Å². The quantitative estimate of drug-likeness (QED) is 0.389. The zero-order valence-electron chi connectivity index (χ0n) is 15.4. The highest BCUT2D eigenvalue weighted by Gasteiger charge is 2.42. The van der Waals surface area contributed by atoms with Crippen LogP contribution in [0, 0.1) is 5.92 Å². The smallest absolute Gasteiger partial charge is 0.405 e. The van der Waals surface area contributed by atoms with Crippen molar-refractivity contribution in [3.8, 4) is 5.75 Å². The maximum atomic E-state index is 12.6. The molecule has 1 aromatic carbocycles. The normalized spacial score (nSPS) is 22.4. The number of nitrogens with one attached hydrogen (secondary N) is 2. The monoisotopic (exact) mass is 385 g/mol. The fourth-order valence-electron chi connectivity index (χ4n) is 2.99. The summed E-state index contributed by atoms with van der Waals surface area (Å²) >= 11 is 0. The Hall–Kier alpha value is -1.96. The Labute approximate surface area is 157 Å². The van der Waals surface area contributed by atoms with E-state index in [0.29, 0.717) is 18.1 Å². The molecule has 1 aromatic rings. The Bertz CT molecular complexity index is 647. The molecular weight excluding hydrogens is 359 g/mol. The summed E-state index contributed by atoms with van der Waals surface area (Å²) < 4.78 is 47.4. The van der Waals surface area contributed by atoms with Gasteiger partial charge in [0.25, 0.3) is 0 Å². The summed E-state index contributed by atoms with van der Waals surface area (Å²) in [4.78, 5) is 4.18. The SMILES string of the molecule is CN=C(NCCCOCC1CC1)NC1CC1c1ccccc1OC(F)(F)F. The van der Waals surface area contributed by atoms with E-state index in [2.05, 4.69) is 20.4 Å². The minimum atomic E-state index is -4.69. The average Bonchev–Trinajstić information content (AvgIpc) is 3.52. The predicted molar refractivity (Wildman–Crippen MR) is 96.9 cm³/mol. The number of hydrogen-bond donors (Lipinski definition) is 2. The summed E-state index contributed by atoms with van der Waals surface area (Å²) in [5, 5.41) is 6.48. The molecule has 27 heavy (non-hydrogen) atoms. The molecule has 2 saturated carbocycles. The molecule has 0 aromatic heterocycles. The summed E-state index contributed by atoms with van der Waals surface area (Å²) in [5.74, 6) is 1.27. The number of guanidine groups is 1. The number of alkyl halides is 3. The van der Waals surface area contributed by atoms with Crippen molar-refractivity contribution in [1.29, 1.82) is 0 Å². The summed E-state index contributed by atoms with van der Waals surface area (Å²) in [6, 6.07) is 6.35. The van der Waals surface area contributed by atoms with E-state index in [9.17, 15) is 13.2 Å². The summed E-state index contributed by atoms with van der Waals surface area (Å²) in [5.41, 5.74) is 0.566. The van der Waals surface area contributed by atoms with E-state index in [1.165, 1.54) is 18.9 Å². The van der Waals surface area contributed by atoms with Crippen molar-refractivity contribution < 1.29 is 22.6 Å². The summed E-state index contributed by atoms with van der Waals surface area (Å²) in [6.07, 6.45) is -0.497. The Balaban J connectivity index is 1.41. The van der Waals surface area contributed by atoms with Crippen LogP contribution in [0.4, 0.5) is 13.2 Å². The maximum absolute atomic E-state index is 12.6. The number of halogens is 3. The molecule has 150 valence electrons. The Morgan fingerprint density at radius 1 is 1.26 bits per heavy atom. The van der Waals surface area contributed by atoms with E-state index in [4.69, 9.17) is 4.74 Å². The van der Waals surface area contributed by atoms with Crippen LogP contribution in [0.2, 0.25) is 0 Å². The van der Waals surface area contributed by atoms with Crippen molar-refractivity contribution in [2.75, 3.05) is 26.8 Å². The average molecular weight is 385 g/mol. The van der Waals surface area contributed by atoms with Crippen LogP contribution in [0.3, 0.4) is 0 Å². The van der Waals surface area contributed by atoms with Crippen molar-refractivity contribution in [1.82, 2.24) is 10.6 Å². The number of aliphatic imine (C=N–C) groups is 1. The molecular formula is C19H26F3N3O2. The van der Waals surface area contributed by atoms with Gasteiger partial charge in [0, 0.05) is 38.8 Å². The molecule has 2 unspecified atom stereocenters. The van der Waals surface area contributed by atoms with Crippen LogP contribution < -0.4 is 15.4 Å². The van der Waals surface area contributed by atoms with E-state index in [-0.39, 0.29) is 17.7 Å². The molecule has 0 aliphatic heterocycles. The van der Waals surface area contributed by atoms with Gasteiger partial charge in [0.2, 0.25) is 0 Å². The van der Waals surface area contributed by atoms with Crippen molar-refractivity contribution >= 4 is 5.96 Å². The largest absolute Gasteiger partial charge is 0.573 e. The Morgan fingerprint density at radius 2 is 2.04 bits per heavy atom. The second-order valence-electron chi connectivity index (χ2n) is 7.05. The first-order valence-corrected chi connectivity index (χ1v) is 9.36. The number of para-hydroxylation sites is 1. The van der Waals surface area contributed by atoms with Gasteiger partial charge in [-0.25, -0.2) is 0 Å². The van der Waals surface area contributed by atoms with Gasteiger partial charge in [-0.15, -0.1) is 13.2 Å². The zero-order valence-corrected chi connectivity index (χ0v) is 15.4. The first-order chi connectivity index (χ1) is 13.0. The van der Waals surface area contributed by atoms with E-state index < -0.39 is 6.36 Å². The minimum absolute atomic E-state index is 0.0241. The third-order valence-electron chi connectivity index (χ3n) is 4.69. The third kappa shape index (κ3) is 6.61. The molecule has 5 nitrogen and oxygen atoms in total. The molecule has 2 N–H and O–H groups in total. The van der Waals surface area contributed by atoms with Crippen LogP contribution in [-0.4, -0.2) is 45.2 Å². The molecule has 0 bridgehead atoms. The van der Waals surface area contributed by atoms with Gasteiger partial charge in [0.15, 0.2) is 5.96 Å².